The highest BCUT2D eigenvalue weighted by molar-refractivity contribution is 7.47. The fraction of sp³-hybridized carbons (Fsp3) is 0.942. The molecular formula is C69H134O17P2. The Morgan fingerprint density at radius 3 is 0.864 bits per heavy atom. The van der Waals surface area contributed by atoms with Crippen molar-refractivity contribution < 1.29 is 80.2 Å². The Balaban J connectivity index is 5.17. The van der Waals surface area contributed by atoms with Crippen molar-refractivity contribution in [1.29, 1.82) is 0 Å². The van der Waals surface area contributed by atoms with Gasteiger partial charge in [0.15, 0.2) is 12.2 Å². The lowest BCUT2D eigenvalue weighted by Crippen LogP contribution is -2.30. The summed E-state index contributed by atoms with van der Waals surface area (Å²) in [6, 6.07) is 0. The SMILES string of the molecule is CCCCCCCCCCCCCCCCCCCCCC(=O)O[C@H](COC(=O)CCCCCCCCCCC(C)CC)COP(=O)(O)OC[C@@H](O)COP(=O)(O)OC[C@@H](COC(=O)CCCCCCCCC)OC(=O)CCCCCCCCCC(C)C. The molecule has 0 heterocycles. The van der Waals surface area contributed by atoms with Crippen molar-refractivity contribution >= 4 is 39.5 Å². The first-order valence-electron chi connectivity index (χ1n) is 36.0. The lowest BCUT2D eigenvalue weighted by Gasteiger charge is -2.21. The average Bonchev–Trinajstić information content (AvgIpc) is 3.60. The number of ether oxygens (including phenoxy) is 4. The molecule has 0 rings (SSSR count). The molecule has 0 amide bonds. The molecule has 0 aromatic rings. The maximum Gasteiger partial charge on any atom is 0.472 e. The van der Waals surface area contributed by atoms with E-state index >= 15 is 0 Å². The molecular weight excluding hydrogens is 1160 g/mol. The summed E-state index contributed by atoms with van der Waals surface area (Å²) in [6.45, 7) is 9.43. The first-order chi connectivity index (χ1) is 42.4. The van der Waals surface area contributed by atoms with Gasteiger partial charge in [-0.15, -0.1) is 0 Å². The molecule has 0 aliphatic heterocycles. The normalized spacial score (nSPS) is 14.5. The number of aliphatic hydroxyl groups excluding tert-OH is 1. The molecule has 6 atom stereocenters. The number of hydrogen-bond acceptors (Lipinski definition) is 15. The van der Waals surface area contributed by atoms with Gasteiger partial charge in [-0.1, -0.05) is 298 Å². The highest BCUT2D eigenvalue weighted by Crippen LogP contribution is 2.45. The smallest absolute Gasteiger partial charge is 0.462 e. The number of unbranched alkanes of at least 4 members (excludes halogenated alkanes) is 37. The quantitative estimate of drug-likeness (QED) is 0.0222. The molecule has 19 heteroatoms. The zero-order valence-corrected chi connectivity index (χ0v) is 58.8. The van der Waals surface area contributed by atoms with Crippen LogP contribution in [0.2, 0.25) is 0 Å². The number of carbonyl (C=O) groups excluding carboxylic acids is 4. The minimum absolute atomic E-state index is 0.103. The molecule has 0 radical (unpaired) electrons. The Bertz CT molecular complexity index is 1720. The number of aliphatic hydroxyl groups is 1. The minimum Gasteiger partial charge on any atom is -0.462 e. The minimum atomic E-state index is -4.95. The van der Waals surface area contributed by atoms with E-state index in [4.69, 9.17) is 37.0 Å². The van der Waals surface area contributed by atoms with E-state index in [1.54, 1.807) is 0 Å². The van der Waals surface area contributed by atoms with Crippen molar-refractivity contribution in [2.75, 3.05) is 39.6 Å². The predicted molar refractivity (Wildman–Crippen MR) is 354 cm³/mol. The molecule has 17 nitrogen and oxygen atoms in total. The monoisotopic (exact) mass is 1300 g/mol. The molecule has 0 aromatic carbocycles. The highest BCUT2D eigenvalue weighted by atomic mass is 31.2. The largest absolute Gasteiger partial charge is 0.472 e. The maximum absolute atomic E-state index is 13.0. The van der Waals surface area contributed by atoms with Crippen LogP contribution in [0.15, 0.2) is 0 Å². The van der Waals surface area contributed by atoms with Gasteiger partial charge in [-0.2, -0.15) is 0 Å². The molecule has 3 unspecified atom stereocenters. The zero-order chi connectivity index (χ0) is 65.0. The molecule has 3 N–H and O–H groups in total. The van der Waals surface area contributed by atoms with E-state index < -0.39 is 97.5 Å². The Hall–Kier alpha value is -1.94. The first-order valence-corrected chi connectivity index (χ1v) is 39.0. The van der Waals surface area contributed by atoms with Crippen LogP contribution in [0.25, 0.3) is 0 Å². The van der Waals surface area contributed by atoms with Crippen LogP contribution in [0.1, 0.15) is 350 Å². The van der Waals surface area contributed by atoms with Crippen LogP contribution < -0.4 is 0 Å². The van der Waals surface area contributed by atoms with Gasteiger partial charge in [0.05, 0.1) is 26.4 Å². The topological polar surface area (TPSA) is 237 Å². The van der Waals surface area contributed by atoms with Crippen molar-refractivity contribution in [2.24, 2.45) is 11.8 Å². The number of hydrogen-bond donors (Lipinski definition) is 3. The summed E-state index contributed by atoms with van der Waals surface area (Å²) in [7, 11) is -9.89. The molecule has 0 bridgehead atoms. The molecule has 522 valence electrons. The molecule has 0 saturated heterocycles. The fourth-order valence-electron chi connectivity index (χ4n) is 10.4. The Morgan fingerprint density at radius 1 is 0.330 bits per heavy atom. The van der Waals surface area contributed by atoms with E-state index in [1.807, 2.05) is 0 Å². The van der Waals surface area contributed by atoms with Crippen LogP contribution in [-0.4, -0.2) is 96.7 Å². The van der Waals surface area contributed by atoms with Crippen molar-refractivity contribution in [2.45, 2.75) is 368 Å². The van der Waals surface area contributed by atoms with Crippen LogP contribution in [0.3, 0.4) is 0 Å². The molecule has 88 heavy (non-hydrogen) atoms. The van der Waals surface area contributed by atoms with Crippen LogP contribution in [0.4, 0.5) is 0 Å². The van der Waals surface area contributed by atoms with Crippen LogP contribution in [-0.2, 0) is 65.4 Å². The van der Waals surface area contributed by atoms with Gasteiger partial charge >= 0.3 is 39.5 Å². The second kappa shape index (κ2) is 61.3. The molecule has 0 aliphatic rings. The third-order valence-electron chi connectivity index (χ3n) is 16.3. The Labute approximate surface area is 537 Å². The van der Waals surface area contributed by atoms with Crippen LogP contribution in [0.5, 0.6) is 0 Å². The van der Waals surface area contributed by atoms with Gasteiger partial charge in [-0.3, -0.25) is 37.3 Å². The van der Waals surface area contributed by atoms with E-state index in [2.05, 4.69) is 41.5 Å². The number of esters is 4. The summed E-state index contributed by atoms with van der Waals surface area (Å²) in [5.41, 5.74) is 0. The van der Waals surface area contributed by atoms with Crippen molar-refractivity contribution in [3.63, 3.8) is 0 Å². The van der Waals surface area contributed by atoms with Crippen molar-refractivity contribution in [3.8, 4) is 0 Å². The number of phosphoric acid groups is 2. The highest BCUT2D eigenvalue weighted by Gasteiger charge is 2.30. The lowest BCUT2D eigenvalue weighted by molar-refractivity contribution is -0.161. The molecule has 0 fully saturated rings. The first kappa shape index (κ1) is 86.1. The summed E-state index contributed by atoms with van der Waals surface area (Å²) in [5.74, 6) is -0.660. The van der Waals surface area contributed by atoms with Gasteiger partial charge in [-0.25, -0.2) is 9.13 Å². The van der Waals surface area contributed by atoms with Gasteiger partial charge in [0.2, 0.25) is 0 Å². The third-order valence-corrected chi connectivity index (χ3v) is 18.2. The van der Waals surface area contributed by atoms with E-state index in [0.29, 0.717) is 31.6 Å². The van der Waals surface area contributed by atoms with E-state index in [1.165, 1.54) is 154 Å². The van der Waals surface area contributed by atoms with Gasteiger partial charge in [0, 0.05) is 25.7 Å². The van der Waals surface area contributed by atoms with Gasteiger partial charge < -0.3 is 33.8 Å². The summed E-state index contributed by atoms with van der Waals surface area (Å²) in [4.78, 5) is 72.3. The maximum atomic E-state index is 13.0. The second-order valence-corrected chi connectivity index (χ2v) is 28.5. The standard InChI is InChI=1S/C69H134O17P2/c1-7-10-12-14-16-17-18-19-20-21-22-23-24-25-26-27-35-41-47-53-68(73)85-65(58-80-67(72)52-46-40-34-29-28-33-38-44-50-62(6)9-3)60-84-88(77,78)82-56-63(70)55-81-87(75,76)83-59-64(57-79-66(71)51-45-39-31-15-13-11-8-2)86-69(74)54-48-42-36-30-32-37-43-49-61(4)5/h61-65,70H,7-60H2,1-6H3,(H,75,76)(H,77,78)/t62?,63-,64+,65+/m0/s1. The fourth-order valence-corrected chi connectivity index (χ4v) is 12.0. The van der Waals surface area contributed by atoms with Crippen molar-refractivity contribution in [1.82, 2.24) is 0 Å². The van der Waals surface area contributed by atoms with E-state index in [9.17, 15) is 43.2 Å². The molecule has 0 aliphatic carbocycles. The second-order valence-electron chi connectivity index (χ2n) is 25.6. The van der Waals surface area contributed by atoms with Gasteiger partial charge in [-0.05, 0) is 37.5 Å². The lowest BCUT2D eigenvalue weighted by atomic mass is 9.99. The zero-order valence-electron chi connectivity index (χ0n) is 57.0. The van der Waals surface area contributed by atoms with Crippen molar-refractivity contribution in [3.05, 3.63) is 0 Å². The average molecular weight is 1300 g/mol. The van der Waals surface area contributed by atoms with Gasteiger partial charge in [0.1, 0.15) is 19.3 Å². The molecule has 0 aromatic heterocycles. The summed E-state index contributed by atoms with van der Waals surface area (Å²) < 4.78 is 68.1. The Morgan fingerprint density at radius 2 is 0.580 bits per heavy atom. The summed E-state index contributed by atoms with van der Waals surface area (Å²) in [6.07, 6.45) is 46.1. The van der Waals surface area contributed by atoms with E-state index in [-0.39, 0.29) is 25.7 Å². The third kappa shape index (κ3) is 61.6. The van der Waals surface area contributed by atoms with E-state index in [0.717, 1.165) is 109 Å². The number of phosphoric ester groups is 2. The molecule has 0 spiro atoms. The number of rotatable bonds is 68. The Kier molecular flexibility index (Phi) is 59.9. The predicted octanol–water partition coefficient (Wildman–Crippen LogP) is 19.6. The number of carbonyl (C=O) groups is 4. The summed E-state index contributed by atoms with van der Waals surface area (Å²) in [5, 5.41) is 10.6. The molecule has 0 saturated carbocycles. The van der Waals surface area contributed by atoms with Crippen LogP contribution >= 0.6 is 15.6 Å². The summed E-state index contributed by atoms with van der Waals surface area (Å²) >= 11 is 0. The van der Waals surface area contributed by atoms with Crippen LogP contribution in [0, 0.1) is 11.8 Å². The van der Waals surface area contributed by atoms with Gasteiger partial charge in [0.25, 0.3) is 0 Å².